The maximum absolute atomic E-state index is 16.4. The van der Waals surface area contributed by atoms with Crippen molar-refractivity contribution in [2.45, 2.75) is 33.6 Å². The molecule has 14 heteroatoms. The molecule has 5 rings (SSSR count). The normalized spacial score (nSPS) is 13.8. The van der Waals surface area contributed by atoms with Crippen molar-refractivity contribution in [1.29, 1.82) is 10.5 Å². The molecular formula is C32H12F8N4S2. The van der Waals surface area contributed by atoms with E-state index < -0.39 is 46.9 Å². The Hall–Kier alpha value is -5.02. The van der Waals surface area contributed by atoms with Crippen LogP contribution < -0.4 is 10.4 Å². The van der Waals surface area contributed by atoms with Crippen LogP contribution in [0.2, 0.25) is 0 Å². The lowest BCUT2D eigenvalue weighted by Gasteiger charge is -2.16. The van der Waals surface area contributed by atoms with Gasteiger partial charge >= 0.3 is 16.8 Å². The van der Waals surface area contributed by atoms with Crippen LogP contribution >= 0.6 is 23.5 Å². The first kappa shape index (κ1) is 32.4. The number of nitrogens with zero attached hydrogens (tertiary/aromatic N) is 4. The van der Waals surface area contributed by atoms with Crippen molar-refractivity contribution in [3.63, 3.8) is 0 Å². The number of allylic oxidation sites excluding steroid dienone is 3. The maximum Gasteiger partial charge on any atom is 0.525 e. The summed E-state index contributed by atoms with van der Waals surface area (Å²) in [6.07, 6.45) is -0.799. The molecule has 3 aromatic rings. The number of thioether (sulfide) groups is 2. The summed E-state index contributed by atoms with van der Waals surface area (Å²) in [5.41, 5.74) is -9.94. The maximum atomic E-state index is 16.4. The number of hydrogen-bond donors (Lipinski definition) is 0. The van der Waals surface area contributed by atoms with E-state index in [2.05, 4.69) is 9.69 Å². The lowest BCUT2D eigenvalue weighted by atomic mass is 9.87. The summed E-state index contributed by atoms with van der Waals surface area (Å²) in [7, 11) is 0. The van der Waals surface area contributed by atoms with Gasteiger partial charge in [0.15, 0.2) is 0 Å². The van der Waals surface area contributed by atoms with Crippen LogP contribution in [0.5, 0.6) is 0 Å². The first-order chi connectivity index (χ1) is 21.7. The number of nitriles is 2. The number of hydrogen-bond acceptors (Lipinski definition) is 4. The number of rotatable bonds is 4. The summed E-state index contributed by atoms with van der Waals surface area (Å²) in [5.74, 6) is -2.63. The molecule has 0 atom stereocenters. The van der Waals surface area contributed by atoms with E-state index in [4.69, 9.17) is 13.1 Å². The van der Waals surface area contributed by atoms with Crippen molar-refractivity contribution in [3.05, 3.63) is 115 Å². The van der Waals surface area contributed by atoms with Crippen molar-refractivity contribution in [1.82, 2.24) is 0 Å². The van der Waals surface area contributed by atoms with Gasteiger partial charge in [0.1, 0.15) is 42.5 Å². The summed E-state index contributed by atoms with van der Waals surface area (Å²) in [5, 5.41) is 18.7. The molecule has 0 unspecified atom stereocenters. The quantitative estimate of drug-likeness (QED) is 0.121. The van der Waals surface area contributed by atoms with Gasteiger partial charge in [0.25, 0.3) is 0 Å². The van der Waals surface area contributed by atoms with Gasteiger partial charge in [-0.15, -0.1) is 0 Å². The van der Waals surface area contributed by atoms with E-state index in [0.717, 1.165) is 24.3 Å². The highest BCUT2D eigenvalue weighted by Gasteiger charge is 2.37. The predicted molar refractivity (Wildman–Crippen MR) is 155 cm³/mol. The Morgan fingerprint density at radius 1 is 0.652 bits per heavy atom. The molecule has 2 aliphatic carbocycles. The molecule has 0 aromatic heterocycles. The topological polar surface area (TPSA) is 56.3 Å². The second-order valence-corrected chi connectivity index (χ2v) is 12.0. The van der Waals surface area contributed by atoms with Crippen molar-refractivity contribution in [2.24, 2.45) is 0 Å². The number of benzene rings is 3. The highest BCUT2D eigenvalue weighted by Crippen LogP contribution is 2.42. The van der Waals surface area contributed by atoms with Gasteiger partial charge in [-0.25, -0.2) is 8.78 Å². The van der Waals surface area contributed by atoms with E-state index in [0.29, 0.717) is 0 Å². The fourth-order valence-corrected chi connectivity index (χ4v) is 6.56. The molecule has 0 fully saturated rings. The van der Waals surface area contributed by atoms with Crippen LogP contribution in [0.3, 0.4) is 0 Å². The van der Waals surface area contributed by atoms with Gasteiger partial charge in [0, 0.05) is 38.6 Å². The van der Waals surface area contributed by atoms with Crippen LogP contribution in [0.25, 0.3) is 43.6 Å². The minimum atomic E-state index is -4.60. The van der Waals surface area contributed by atoms with E-state index in [9.17, 15) is 36.9 Å². The highest BCUT2D eigenvalue weighted by molar-refractivity contribution is 8.00. The first-order valence-corrected chi connectivity index (χ1v) is 14.4. The fraction of sp³-hybridized carbons (Fsp3) is 0.125. The van der Waals surface area contributed by atoms with E-state index in [-0.39, 0.29) is 88.3 Å². The third kappa shape index (κ3) is 5.98. The Balaban J connectivity index is 1.93. The molecule has 228 valence electrons. The molecule has 0 radical (unpaired) electrons. The third-order valence-electron chi connectivity index (χ3n) is 7.14. The molecular weight excluding hydrogens is 656 g/mol. The lowest BCUT2D eigenvalue weighted by molar-refractivity contribution is -0.0337. The van der Waals surface area contributed by atoms with Crippen LogP contribution in [0, 0.1) is 35.8 Å². The molecule has 0 aliphatic heterocycles. The molecule has 0 bridgehead atoms. The Labute approximate surface area is 263 Å². The van der Waals surface area contributed by atoms with Gasteiger partial charge in [0.05, 0.1) is 5.57 Å². The standard InChI is InChI=1S/C32H12F8N4S2/c1-43-30(44-2)23-12-22-25(16-5-9-19(10-6-16)46-32(38,39)40)26-21(11-20(28(26)33)17(13-41)14-42)24(27(22)29(23)34)15-3-7-18(8-4-15)45-31(35,36)37/h3-10H,11-12H2. The second kappa shape index (κ2) is 12.1. The fourth-order valence-electron chi connectivity index (χ4n) is 5.48. The molecule has 3 aromatic carbocycles. The number of fused-ring (bicyclic) bond motifs is 2. The number of halogens is 8. The SMILES string of the molecule is [C-]#[N+]C([N+]#[C-])=C1Cc2c(-c3ccc(SC(F)(F)F)cc3)c3c(c(-c4ccc(SC(F)(F)F)cc4)c2=C1F)CC(=C(C#N)C#N)C=3F. The smallest absolute Gasteiger partial charge is 0.207 e. The van der Waals surface area contributed by atoms with Crippen LogP contribution in [-0.2, 0) is 12.8 Å². The zero-order valence-electron chi connectivity index (χ0n) is 22.7. The van der Waals surface area contributed by atoms with Gasteiger partial charge in [-0.3, -0.25) is 0 Å². The molecule has 0 saturated carbocycles. The van der Waals surface area contributed by atoms with Gasteiger partial charge in [-0.05, 0) is 81.2 Å². The van der Waals surface area contributed by atoms with Gasteiger partial charge in [0.2, 0.25) is 0 Å². The van der Waals surface area contributed by atoms with Crippen LogP contribution in [-0.4, -0.2) is 11.0 Å². The van der Waals surface area contributed by atoms with Crippen LogP contribution in [0.4, 0.5) is 35.1 Å². The van der Waals surface area contributed by atoms with Crippen molar-refractivity contribution < 1.29 is 35.1 Å². The van der Waals surface area contributed by atoms with E-state index in [1.165, 1.54) is 24.3 Å². The van der Waals surface area contributed by atoms with Crippen LogP contribution in [0.15, 0.2) is 80.9 Å². The van der Waals surface area contributed by atoms with Gasteiger partial charge in [-0.2, -0.15) is 46.6 Å². The molecule has 4 nitrogen and oxygen atoms in total. The van der Waals surface area contributed by atoms with Crippen LogP contribution in [0.1, 0.15) is 11.1 Å². The van der Waals surface area contributed by atoms with Gasteiger partial charge < -0.3 is 0 Å². The zero-order chi connectivity index (χ0) is 33.6. The van der Waals surface area contributed by atoms with E-state index >= 15 is 8.78 Å². The first-order valence-electron chi connectivity index (χ1n) is 12.7. The molecule has 0 saturated heterocycles. The Morgan fingerprint density at radius 2 is 1.02 bits per heavy atom. The summed E-state index contributed by atoms with van der Waals surface area (Å²) >= 11 is -0.776. The largest absolute Gasteiger partial charge is 0.525 e. The molecule has 0 heterocycles. The summed E-state index contributed by atoms with van der Waals surface area (Å²) in [6, 6.07) is 12.8. The summed E-state index contributed by atoms with van der Waals surface area (Å²) < 4.78 is 111. The molecule has 0 amide bonds. The Morgan fingerprint density at radius 3 is 1.37 bits per heavy atom. The third-order valence-corrected chi connectivity index (χ3v) is 8.62. The lowest BCUT2D eigenvalue weighted by Crippen LogP contribution is -2.24. The van der Waals surface area contributed by atoms with Gasteiger partial charge in [-0.1, -0.05) is 24.3 Å². The van der Waals surface area contributed by atoms with Crippen molar-refractivity contribution in [2.75, 3.05) is 0 Å². The highest BCUT2D eigenvalue weighted by atomic mass is 32.2. The summed E-state index contributed by atoms with van der Waals surface area (Å²) in [6.45, 7) is 14.8. The predicted octanol–water partition coefficient (Wildman–Crippen LogP) is 8.91. The van der Waals surface area contributed by atoms with Crippen molar-refractivity contribution in [3.8, 4) is 34.4 Å². The molecule has 2 aliphatic rings. The Kier molecular flexibility index (Phi) is 8.49. The monoisotopic (exact) mass is 668 g/mol. The summed E-state index contributed by atoms with van der Waals surface area (Å²) in [4.78, 5) is 5.83. The van der Waals surface area contributed by atoms with E-state index in [1.807, 2.05) is 0 Å². The van der Waals surface area contributed by atoms with E-state index in [1.54, 1.807) is 12.1 Å². The average molecular weight is 669 g/mol. The molecule has 46 heavy (non-hydrogen) atoms. The number of alkyl halides is 6. The zero-order valence-corrected chi connectivity index (χ0v) is 24.3. The minimum Gasteiger partial charge on any atom is -0.207 e. The second-order valence-electron chi connectivity index (χ2n) is 9.69. The van der Waals surface area contributed by atoms with Crippen molar-refractivity contribution >= 4 is 35.2 Å². The Bertz CT molecular complexity index is 1980. The average Bonchev–Trinajstić information content (AvgIpc) is 3.50. The minimum absolute atomic E-state index is 0.0174. The molecule has 0 spiro atoms. The molecule has 0 N–H and O–H groups in total.